The Labute approximate surface area is 399 Å². The zero-order chi connectivity index (χ0) is 46.7. The molecule has 0 saturated heterocycles. The number of aliphatic hydroxyl groups is 2. The normalized spacial score (nSPS) is 13.3. The third-order valence-corrected chi connectivity index (χ3v) is 13.3. The SMILES string of the molecule is CCCCCCCC/C=C\C/C=C/CCC(=O)OC(CCCCCCCCCCCCCCCCC)CC(=O)NC(CO)C(O)CCCCCCCCCCCCCCCCCCC. The number of hydrogen-bond acceptors (Lipinski definition) is 5. The Morgan fingerprint density at radius 1 is 0.453 bits per heavy atom. The largest absolute Gasteiger partial charge is 0.462 e. The number of allylic oxidation sites excluding steroid dienone is 4. The predicted octanol–water partition coefficient (Wildman–Crippen LogP) is 17.5. The summed E-state index contributed by atoms with van der Waals surface area (Å²) in [4.78, 5) is 26.2. The average molecular weight is 903 g/mol. The summed E-state index contributed by atoms with van der Waals surface area (Å²) in [5, 5.41) is 23.9. The highest BCUT2D eigenvalue weighted by molar-refractivity contribution is 5.77. The van der Waals surface area contributed by atoms with E-state index in [1.165, 1.54) is 218 Å². The van der Waals surface area contributed by atoms with Crippen LogP contribution in [0.4, 0.5) is 0 Å². The van der Waals surface area contributed by atoms with Crippen LogP contribution in [0.25, 0.3) is 0 Å². The molecule has 0 fully saturated rings. The fourth-order valence-electron chi connectivity index (χ4n) is 8.96. The number of amides is 1. The van der Waals surface area contributed by atoms with E-state index in [0.717, 1.165) is 38.5 Å². The molecule has 0 bridgehead atoms. The number of aliphatic hydroxyl groups excluding tert-OH is 2. The standard InChI is InChI=1S/C58H111NO5/c1-4-7-10-13-16-19-22-25-27-28-30-33-35-38-41-44-47-50-56(61)55(53-60)59-57(62)52-54(49-46-43-40-37-34-32-29-26-23-20-17-14-11-8-5-2)64-58(63)51-48-45-42-39-36-31-24-21-18-15-12-9-6-3/h31,36,42,45,54-56,60-61H,4-30,32-35,37-41,43-44,46-53H2,1-3H3,(H,59,62)/b36-31-,45-42+. The van der Waals surface area contributed by atoms with Gasteiger partial charge in [0.1, 0.15) is 6.10 Å². The Bertz CT molecular complexity index is 1010. The molecule has 0 aliphatic heterocycles. The van der Waals surface area contributed by atoms with E-state index in [4.69, 9.17) is 4.74 Å². The minimum Gasteiger partial charge on any atom is -0.462 e. The summed E-state index contributed by atoms with van der Waals surface area (Å²) in [6.07, 6.45) is 61.1. The molecular weight excluding hydrogens is 791 g/mol. The molecule has 3 atom stereocenters. The van der Waals surface area contributed by atoms with Crippen LogP contribution in [-0.4, -0.2) is 46.9 Å². The first-order chi connectivity index (χ1) is 31.5. The zero-order valence-corrected chi connectivity index (χ0v) is 43.2. The second-order valence-corrected chi connectivity index (χ2v) is 19.7. The second-order valence-electron chi connectivity index (χ2n) is 19.7. The number of unbranched alkanes of at least 4 members (excludes halogenated alkanes) is 36. The third kappa shape index (κ3) is 46.9. The van der Waals surface area contributed by atoms with Crippen molar-refractivity contribution in [3.05, 3.63) is 24.3 Å². The first kappa shape index (κ1) is 62.3. The summed E-state index contributed by atoms with van der Waals surface area (Å²) < 4.78 is 5.92. The van der Waals surface area contributed by atoms with Gasteiger partial charge in [-0.25, -0.2) is 0 Å². The summed E-state index contributed by atoms with van der Waals surface area (Å²) in [7, 11) is 0. The van der Waals surface area contributed by atoms with Crippen molar-refractivity contribution in [2.75, 3.05) is 6.61 Å². The van der Waals surface area contributed by atoms with Crippen LogP contribution in [0.1, 0.15) is 310 Å². The number of nitrogens with one attached hydrogen (secondary N) is 1. The van der Waals surface area contributed by atoms with Gasteiger partial charge in [-0.05, 0) is 44.9 Å². The lowest BCUT2D eigenvalue weighted by Crippen LogP contribution is -2.46. The van der Waals surface area contributed by atoms with E-state index in [1.807, 2.05) is 0 Å². The van der Waals surface area contributed by atoms with E-state index >= 15 is 0 Å². The van der Waals surface area contributed by atoms with Gasteiger partial charge in [0.25, 0.3) is 0 Å². The molecule has 378 valence electrons. The predicted molar refractivity (Wildman–Crippen MR) is 278 cm³/mol. The quantitative estimate of drug-likeness (QED) is 0.0321. The van der Waals surface area contributed by atoms with Gasteiger partial charge in [0.2, 0.25) is 5.91 Å². The maximum Gasteiger partial charge on any atom is 0.306 e. The van der Waals surface area contributed by atoms with Gasteiger partial charge < -0.3 is 20.3 Å². The van der Waals surface area contributed by atoms with E-state index in [1.54, 1.807) is 0 Å². The van der Waals surface area contributed by atoms with Crippen LogP contribution in [0, 0.1) is 0 Å². The molecule has 6 nitrogen and oxygen atoms in total. The van der Waals surface area contributed by atoms with Gasteiger partial charge in [-0.15, -0.1) is 0 Å². The van der Waals surface area contributed by atoms with Crippen LogP contribution in [0.3, 0.4) is 0 Å². The minimum absolute atomic E-state index is 0.0614. The average Bonchev–Trinajstić information content (AvgIpc) is 3.29. The van der Waals surface area contributed by atoms with E-state index in [9.17, 15) is 19.8 Å². The highest BCUT2D eigenvalue weighted by atomic mass is 16.5. The fourth-order valence-corrected chi connectivity index (χ4v) is 8.96. The maximum absolute atomic E-state index is 13.2. The lowest BCUT2D eigenvalue weighted by Gasteiger charge is -2.24. The molecule has 3 unspecified atom stereocenters. The fraction of sp³-hybridized carbons (Fsp3) is 0.897. The number of rotatable bonds is 52. The molecule has 0 saturated carbocycles. The van der Waals surface area contributed by atoms with Gasteiger partial charge in [-0.2, -0.15) is 0 Å². The molecule has 1 amide bonds. The van der Waals surface area contributed by atoms with Crippen LogP contribution in [-0.2, 0) is 14.3 Å². The van der Waals surface area contributed by atoms with Crippen molar-refractivity contribution >= 4 is 11.9 Å². The topological polar surface area (TPSA) is 95.9 Å². The van der Waals surface area contributed by atoms with Crippen LogP contribution in [0.5, 0.6) is 0 Å². The molecule has 64 heavy (non-hydrogen) atoms. The maximum atomic E-state index is 13.2. The molecule has 0 aliphatic carbocycles. The van der Waals surface area contributed by atoms with E-state index in [0.29, 0.717) is 25.7 Å². The molecule has 0 aromatic heterocycles. The van der Waals surface area contributed by atoms with Gasteiger partial charge in [-0.3, -0.25) is 9.59 Å². The molecule has 0 aromatic carbocycles. The molecule has 0 radical (unpaired) electrons. The Morgan fingerprint density at radius 2 is 0.797 bits per heavy atom. The van der Waals surface area contributed by atoms with Gasteiger partial charge in [0.05, 0.1) is 25.2 Å². The minimum atomic E-state index is -0.793. The summed E-state index contributed by atoms with van der Waals surface area (Å²) in [5.41, 5.74) is 0. The Balaban J connectivity index is 4.54. The van der Waals surface area contributed by atoms with Crippen molar-refractivity contribution in [3.63, 3.8) is 0 Å². The van der Waals surface area contributed by atoms with E-state index < -0.39 is 18.2 Å². The van der Waals surface area contributed by atoms with Crippen molar-refractivity contribution in [1.82, 2.24) is 5.32 Å². The van der Waals surface area contributed by atoms with Crippen molar-refractivity contribution < 1.29 is 24.5 Å². The number of carbonyl (C=O) groups excluding carboxylic acids is 2. The van der Waals surface area contributed by atoms with Gasteiger partial charge in [-0.1, -0.05) is 276 Å². The van der Waals surface area contributed by atoms with Crippen LogP contribution in [0.15, 0.2) is 24.3 Å². The lowest BCUT2D eigenvalue weighted by molar-refractivity contribution is -0.150. The first-order valence-corrected chi connectivity index (χ1v) is 28.6. The van der Waals surface area contributed by atoms with Crippen LogP contribution >= 0.6 is 0 Å². The molecule has 0 aliphatic rings. The summed E-state index contributed by atoms with van der Waals surface area (Å²) in [5.74, 6) is -0.536. The number of hydrogen-bond donors (Lipinski definition) is 3. The van der Waals surface area contributed by atoms with Crippen LogP contribution < -0.4 is 5.32 Å². The summed E-state index contributed by atoms with van der Waals surface area (Å²) in [6.45, 7) is 6.50. The molecule has 0 heterocycles. The van der Waals surface area contributed by atoms with Crippen molar-refractivity contribution in [2.24, 2.45) is 0 Å². The lowest BCUT2D eigenvalue weighted by atomic mass is 10.0. The second kappa shape index (κ2) is 52.3. The van der Waals surface area contributed by atoms with Crippen LogP contribution in [0.2, 0.25) is 0 Å². The number of esters is 1. The molecule has 0 spiro atoms. The smallest absolute Gasteiger partial charge is 0.306 e. The Morgan fingerprint density at radius 3 is 1.19 bits per heavy atom. The summed E-state index contributed by atoms with van der Waals surface area (Å²) in [6, 6.07) is -0.708. The van der Waals surface area contributed by atoms with Gasteiger partial charge in [0.15, 0.2) is 0 Å². The number of ether oxygens (including phenoxy) is 1. The molecular formula is C58H111NO5. The van der Waals surface area contributed by atoms with E-state index in [2.05, 4.69) is 50.4 Å². The summed E-state index contributed by atoms with van der Waals surface area (Å²) >= 11 is 0. The third-order valence-electron chi connectivity index (χ3n) is 13.3. The molecule has 3 N–H and O–H groups in total. The molecule has 6 heteroatoms. The van der Waals surface area contributed by atoms with Gasteiger partial charge >= 0.3 is 5.97 Å². The number of carbonyl (C=O) groups is 2. The molecule has 0 aromatic rings. The van der Waals surface area contributed by atoms with E-state index in [-0.39, 0.29) is 24.9 Å². The van der Waals surface area contributed by atoms with Crippen molar-refractivity contribution in [2.45, 2.75) is 328 Å². The Kier molecular flexibility index (Phi) is 51.0. The highest BCUT2D eigenvalue weighted by Gasteiger charge is 2.24. The molecule has 0 rings (SSSR count). The zero-order valence-electron chi connectivity index (χ0n) is 43.2. The Hall–Kier alpha value is -1.66. The van der Waals surface area contributed by atoms with Crippen molar-refractivity contribution in [1.29, 1.82) is 0 Å². The van der Waals surface area contributed by atoms with Crippen molar-refractivity contribution in [3.8, 4) is 0 Å². The monoisotopic (exact) mass is 902 g/mol. The van der Waals surface area contributed by atoms with Gasteiger partial charge in [0, 0.05) is 6.42 Å². The highest BCUT2D eigenvalue weighted by Crippen LogP contribution is 2.19. The first-order valence-electron chi connectivity index (χ1n) is 28.6.